The number of benzene rings is 1. The average molecular weight is 645 g/mol. The summed E-state index contributed by atoms with van der Waals surface area (Å²) in [6.07, 6.45) is 5.00. The number of amides is 2. The Morgan fingerprint density at radius 2 is 1.26 bits per heavy atom. The topological polar surface area (TPSA) is 98.3 Å². The molecule has 3 rings (SSSR count). The molecule has 11 heteroatoms. The Labute approximate surface area is 264 Å². The standard InChI is InChI=1S/C11H22N2O.C11H16O2S.C10H22N2O2S/c1-4-5-6-12-7-8-13(11(12)14)9-10(2)3;1-10(2)8-9-14(12,13)11-6-4-3-5-7-11;1-4-5-6-11-7-8-12(9-10(2)3)15(11,13)14/h10H,4-9H2,1-3H3;3-7,10H,8-9H2,1-2H3;10H,4-9H2,1-3H3. The van der Waals surface area contributed by atoms with Gasteiger partial charge in [-0.2, -0.15) is 17.0 Å². The number of rotatable bonds is 14. The third-order valence-electron chi connectivity index (χ3n) is 7.20. The molecule has 1 aromatic carbocycles. The number of carbonyl (C=O) groups excluding carboxylic acids is 1. The minimum atomic E-state index is -3.13. The second-order valence-corrected chi connectivity index (χ2v) is 16.8. The molecule has 2 aliphatic heterocycles. The zero-order chi connectivity index (χ0) is 32.6. The largest absolute Gasteiger partial charge is 0.323 e. The van der Waals surface area contributed by atoms with E-state index in [1.807, 2.05) is 43.6 Å². The molecule has 43 heavy (non-hydrogen) atoms. The maximum atomic E-state index is 12.0. The molecule has 0 N–H and O–H groups in total. The lowest BCUT2D eigenvalue weighted by molar-refractivity contribution is 0.187. The van der Waals surface area contributed by atoms with E-state index in [0.717, 1.165) is 58.3 Å². The molecule has 0 radical (unpaired) electrons. The summed E-state index contributed by atoms with van der Waals surface area (Å²) >= 11 is 0. The van der Waals surface area contributed by atoms with Gasteiger partial charge in [0.05, 0.1) is 10.6 Å². The van der Waals surface area contributed by atoms with Gasteiger partial charge in [0.15, 0.2) is 9.84 Å². The molecule has 2 heterocycles. The minimum Gasteiger partial charge on any atom is -0.323 e. The first-order valence-corrected chi connectivity index (χ1v) is 19.3. The van der Waals surface area contributed by atoms with Crippen molar-refractivity contribution >= 4 is 26.1 Å². The van der Waals surface area contributed by atoms with Crippen molar-refractivity contribution in [2.45, 2.75) is 92.4 Å². The highest BCUT2D eigenvalue weighted by Crippen LogP contribution is 2.18. The van der Waals surface area contributed by atoms with Crippen LogP contribution in [0.2, 0.25) is 0 Å². The van der Waals surface area contributed by atoms with Crippen molar-refractivity contribution in [3.05, 3.63) is 30.3 Å². The van der Waals surface area contributed by atoms with Gasteiger partial charge in [0.2, 0.25) is 0 Å². The minimum absolute atomic E-state index is 0.243. The van der Waals surface area contributed by atoms with Crippen molar-refractivity contribution in [3.63, 3.8) is 0 Å². The summed E-state index contributed by atoms with van der Waals surface area (Å²) in [5, 5.41) is 0. The van der Waals surface area contributed by atoms with E-state index in [2.05, 4.69) is 27.7 Å². The molecule has 1 aromatic rings. The van der Waals surface area contributed by atoms with E-state index in [0.29, 0.717) is 48.8 Å². The molecular formula is C32H60N4O5S2. The van der Waals surface area contributed by atoms with Crippen molar-refractivity contribution in [2.75, 3.05) is 58.1 Å². The number of unbranched alkanes of at least 4 members (excludes halogenated alkanes) is 2. The number of carbonyl (C=O) groups is 1. The van der Waals surface area contributed by atoms with E-state index in [4.69, 9.17) is 0 Å². The number of hydrogen-bond donors (Lipinski definition) is 0. The SMILES string of the molecule is CC(C)CCS(=O)(=O)c1ccccc1.CCCCN1CCN(CC(C)C)C1=O.CCCCN1CCN(CC(C)C)S1(=O)=O. The third-order valence-corrected chi connectivity index (χ3v) is 11.0. The van der Waals surface area contributed by atoms with Crippen LogP contribution in [-0.2, 0) is 20.0 Å². The number of hydrogen-bond acceptors (Lipinski definition) is 5. The van der Waals surface area contributed by atoms with Crippen LogP contribution >= 0.6 is 0 Å². The molecule has 9 nitrogen and oxygen atoms in total. The van der Waals surface area contributed by atoms with Gasteiger partial charge in [-0.3, -0.25) is 0 Å². The number of sulfone groups is 1. The molecular weight excluding hydrogens is 585 g/mol. The lowest BCUT2D eigenvalue weighted by Crippen LogP contribution is -2.35. The van der Waals surface area contributed by atoms with E-state index in [9.17, 15) is 21.6 Å². The zero-order valence-electron chi connectivity index (χ0n) is 28.2. The van der Waals surface area contributed by atoms with Gasteiger partial charge in [0, 0.05) is 52.4 Å². The van der Waals surface area contributed by atoms with Gasteiger partial charge in [-0.25, -0.2) is 13.2 Å². The average Bonchev–Trinajstić information content (AvgIpc) is 3.42. The zero-order valence-corrected chi connectivity index (χ0v) is 29.8. The first kappa shape index (κ1) is 39.3. The first-order valence-electron chi connectivity index (χ1n) is 16.2. The fourth-order valence-corrected chi connectivity index (χ4v) is 8.09. The van der Waals surface area contributed by atoms with Gasteiger partial charge in [-0.15, -0.1) is 0 Å². The third kappa shape index (κ3) is 14.3. The Hall–Kier alpha value is -1.69. The fraction of sp³-hybridized carbons (Fsp3) is 0.781. The summed E-state index contributed by atoms with van der Waals surface area (Å²) in [6.45, 7) is 23.0. The molecule has 0 bridgehead atoms. The summed E-state index contributed by atoms with van der Waals surface area (Å²) < 4.78 is 50.7. The fourth-order valence-electron chi connectivity index (χ4n) is 4.71. The van der Waals surface area contributed by atoms with Crippen LogP contribution in [0, 0.1) is 17.8 Å². The summed E-state index contributed by atoms with van der Waals surface area (Å²) in [5.74, 6) is 1.64. The lowest BCUT2D eigenvalue weighted by Gasteiger charge is -2.19. The molecule has 2 aliphatic rings. The van der Waals surface area contributed by atoms with Gasteiger partial charge >= 0.3 is 6.03 Å². The maximum absolute atomic E-state index is 12.0. The van der Waals surface area contributed by atoms with E-state index >= 15 is 0 Å². The predicted octanol–water partition coefficient (Wildman–Crippen LogP) is 5.99. The van der Waals surface area contributed by atoms with Crippen molar-refractivity contribution in [1.29, 1.82) is 0 Å². The summed E-state index contributed by atoms with van der Waals surface area (Å²) in [4.78, 5) is 16.2. The van der Waals surface area contributed by atoms with Crippen LogP contribution in [-0.4, -0.2) is 99.4 Å². The monoisotopic (exact) mass is 644 g/mol. The summed E-state index contributed by atoms with van der Waals surface area (Å²) in [7, 11) is -6.18. The highest BCUT2D eigenvalue weighted by Gasteiger charge is 2.35. The van der Waals surface area contributed by atoms with Crippen molar-refractivity contribution in [2.24, 2.45) is 17.8 Å². The van der Waals surface area contributed by atoms with Crippen LogP contribution in [0.5, 0.6) is 0 Å². The van der Waals surface area contributed by atoms with E-state index < -0.39 is 20.0 Å². The second-order valence-electron chi connectivity index (χ2n) is 12.8. The molecule has 250 valence electrons. The van der Waals surface area contributed by atoms with Crippen LogP contribution in [0.15, 0.2) is 35.2 Å². The summed E-state index contributed by atoms with van der Waals surface area (Å²) in [6, 6.07) is 8.87. The highest BCUT2D eigenvalue weighted by molar-refractivity contribution is 7.91. The molecule has 0 unspecified atom stereocenters. The Bertz CT molecular complexity index is 1130. The predicted molar refractivity (Wildman–Crippen MR) is 178 cm³/mol. The van der Waals surface area contributed by atoms with Crippen molar-refractivity contribution in [1.82, 2.24) is 18.4 Å². The van der Waals surface area contributed by atoms with Crippen LogP contribution < -0.4 is 0 Å². The van der Waals surface area contributed by atoms with Gasteiger partial charge in [0.1, 0.15) is 0 Å². The van der Waals surface area contributed by atoms with E-state index in [1.165, 1.54) is 0 Å². The molecule has 0 atom stereocenters. The number of urea groups is 1. The molecule has 0 spiro atoms. The molecule has 0 saturated carbocycles. The van der Waals surface area contributed by atoms with Gasteiger partial charge < -0.3 is 9.80 Å². The Balaban J connectivity index is 0.000000323. The molecule has 0 aromatic heterocycles. The summed E-state index contributed by atoms with van der Waals surface area (Å²) in [5.41, 5.74) is 0. The van der Waals surface area contributed by atoms with Gasteiger partial charge in [-0.05, 0) is 49.1 Å². The van der Waals surface area contributed by atoms with Gasteiger partial charge in [0.25, 0.3) is 10.2 Å². The smallest absolute Gasteiger partial charge is 0.320 e. The van der Waals surface area contributed by atoms with Crippen LogP contribution in [0.1, 0.15) is 87.5 Å². The van der Waals surface area contributed by atoms with E-state index in [1.54, 1.807) is 32.9 Å². The molecule has 0 aliphatic carbocycles. The van der Waals surface area contributed by atoms with Crippen LogP contribution in [0.4, 0.5) is 4.79 Å². The van der Waals surface area contributed by atoms with Crippen LogP contribution in [0.3, 0.4) is 0 Å². The van der Waals surface area contributed by atoms with Crippen molar-refractivity contribution in [3.8, 4) is 0 Å². The Morgan fingerprint density at radius 1 is 0.721 bits per heavy atom. The van der Waals surface area contributed by atoms with Crippen LogP contribution in [0.25, 0.3) is 0 Å². The van der Waals surface area contributed by atoms with Gasteiger partial charge in [-0.1, -0.05) is 86.4 Å². The Kier molecular flexibility index (Phi) is 18.0. The normalized spacial score (nSPS) is 17.4. The Morgan fingerprint density at radius 3 is 1.79 bits per heavy atom. The van der Waals surface area contributed by atoms with Crippen molar-refractivity contribution < 1.29 is 21.6 Å². The molecule has 2 fully saturated rings. The quantitative estimate of drug-likeness (QED) is 0.248. The lowest BCUT2D eigenvalue weighted by atomic mass is 10.2. The first-order chi connectivity index (χ1) is 20.1. The maximum Gasteiger partial charge on any atom is 0.320 e. The molecule has 2 saturated heterocycles. The number of nitrogens with zero attached hydrogens (tertiary/aromatic N) is 4. The molecule has 2 amide bonds. The second kappa shape index (κ2) is 19.6. The van der Waals surface area contributed by atoms with E-state index in [-0.39, 0.29) is 11.8 Å². The highest BCUT2D eigenvalue weighted by atomic mass is 32.2.